The lowest BCUT2D eigenvalue weighted by Crippen LogP contribution is -2.60. The highest BCUT2D eigenvalue weighted by atomic mass is 16.5. The highest BCUT2D eigenvalue weighted by molar-refractivity contribution is 5.77. The Labute approximate surface area is 141 Å². The minimum atomic E-state index is -0.665. The van der Waals surface area contributed by atoms with Crippen LogP contribution >= 0.6 is 0 Å². The Bertz CT molecular complexity index is 445. The van der Waals surface area contributed by atoms with Crippen LogP contribution in [0.2, 0.25) is 0 Å². The molecule has 134 valence electrons. The summed E-state index contributed by atoms with van der Waals surface area (Å²) in [4.78, 5) is 26.2. The smallest absolute Gasteiger partial charge is 0.311 e. The SMILES string of the molecule is CN1C(C)(C)CC(OC(=O)C(C)(C)CC(C)(C)C=O)CC1(C)C. The summed E-state index contributed by atoms with van der Waals surface area (Å²) in [5, 5.41) is 0. The number of carbonyl (C=O) groups is 2. The van der Waals surface area contributed by atoms with Gasteiger partial charge in [0.05, 0.1) is 5.41 Å². The Morgan fingerprint density at radius 1 is 1.13 bits per heavy atom. The lowest BCUT2D eigenvalue weighted by molar-refractivity contribution is -0.170. The van der Waals surface area contributed by atoms with Crippen molar-refractivity contribution in [1.29, 1.82) is 0 Å². The maximum absolute atomic E-state index is 12.7. The molecule has 0 unspecified atom stereocenters. The Balaban J connectivity index is 2.83. The second kappa shape index (κ2) is 6.19. The molecule has 1 saturated heterocycles. The lowest BCUT2D eigenvalue weighted by atomic mass is 9.75. The third kappa shape index (κ3) is 4.79. The molecule has 0 aliphatic carbocycles. The minimum absolute atomic E-state index is 0.0150. The molecule has 23 heavy (non-hydrogen) atoms. The molecule has 4 heteroatoms. The quantitative estimate of drug-likeness (QED) is 0.569. The summed E-state index contributed by atoms with van der Waals surface area (Å²) in [6, 6.07) is 0. The molecule has 1 rings (SSSR count). The first kappa shape index (κ1) is 20.1. The topological polar surface area (TPSA) is 46.6 Å². The highest BCUT2D eigenvalue weighted by Gasteiger charge is 2.46. The third-order valence-electron chi connectivity index (χ3n) is 5.31. The molecule has 0 radical (unpaired) electrons. The van der Waals surface area contributed by atoms with E-state index in [0.717, 1.165) is 19.1 Å². The zero-order chi connectivity index (χ0) is 18.3. The van der Waals surface area contributed by atoms with Crippen LogP contribution < -0.4 is 0 Å². The molecular weight excluding hydrogens is 290 g/mol. The Morgan fingerprint density at radius 2 is 1.57 bits per heavy atom. The molecule has 0 atom stereocenters. The van der Waals surface area contributed by atoms with Crippen molar-refractivity contribution in [2.24, 2.45) is 10.8 Å². The molecule has 0 aromatic carbocycles. The van der Waals surface area contributed by atoms with Crippen LogP contribution in [0.15, 0.2) is 0 Å². The van der Waals surface area contributed by atoms with Crippen LogP contribution in [-0.2, 0) is 14.3 Å². The molecule has 0 N–H and O–H groups in total. The van der Waals surface area contributed by atoms with Gasteiger partial charge in [0, 0.05) is 29.3 Å². The predicted molar refractivity (Wildman–Crippen MR) is 93.3 cm³/mol. The van der Waals surface area contributed by atoms with E-state index in [-0.39, 0.29) is 23.2 Å². The Morgan fingerprint density at radius 3 is 1.96 bits per heavy atom. The summed E-state index contributed by atoms with van der Waals surface area (Å²) in [5.74, 6) is -0.200. The molecule has 0 bridgehead atoms. The number of rotatable bonds is 5. The summed E-state index contributed by atoms with van der Waals surface area (Å²) in [6.45, 7) is 16.2. The minimum Gasteiger partial charge on any atom is -0.462 e. The summed E-state index contributed by atoms with van der Waals surface area (Å²) in [7, 11) is 2.13. The van der Waals surface area contributed by atoms with E-state index in [1.165, 1.54) is 0 Å². The van der Waals surface area contributed by atoms with Gasteiger partial charge in [-0.25, -0.2) is 0 Å². The highest BCUT2D eigenvalue weighted by Crippen LogP contribution is 2.40. The molecule has 0 amide bonds. The summed E-state index contributed by atoms with van der Waals surface area (Å²) in [5.41, 5.74) is -1.21. The third-order valence-corrected chi connectivity index (χ3v) is 5.31. The van der Waals surface area contributed by atoms with Gasteiger partial charge in [-0.15, -0.1) is 0 Å². The van der Waals surface area contributed by atoms with E-state index in [1.54, 1.807) is 0 Å². The second-order valence-electron chi connectivity index (χ2n) is 9.79. The first-order chi connectivity index (χ1) is 10.1. The maximum Gasteiger partial charge on any atom is 0.311 e. The first-order valence-electron chi connectivity index (χ1n) is 8.54. The number of hydrogen-bond donors (Lipinski definition) is 0. The molecule has 0 aromatic heterocycles. The van der Waals surface area contributed by atoms with E-state index >= 15 is 0 Å². The van der Waals surface area contributed by atoms with Gasteiger partial charge in [-0.3, -0.25) is 9.69 Å². The molecule has 1 fully saturated rings. The number of hydrogen-bond acceptors (Lipinski definition) is 4. The van der Waals surface area contributed by atoms with Crippen molar-refractivity contribution in [2.75, 3.05) is 7.05 Å². The van der Waals surface area contributed by atoms with E-state index in [2.05, 4.69) is 39.6 Å². The fourth-order valence-electron chi connectivity index (χ4n) is 3.93. The van der Waals surface area contributed by atoms with Gasteiger partial charge in [0.25, 0.3) is 0 Å². The summed E-state index contributed by atoms with van der Waals surface area (Å²) >= 11 is 0. The largest absolute Gasteiger partial charge is 0.462 e. The van der Waals surface area contributed by atoms with Crippen LogP contribution in [0.3, 0.4) is 0 Å². The lowest BCUT2D eigenvalue weighted by Gasteiger charge is -2.53. The van der Waals surface area contributed by atoms with E-state index in [0.29, 0.717) is 6.42 Å². The van der Waals surface area contributed by atoms with Gasteiger partial charge in [0.2, 0.25) is 0 Å². The van der Waals surface area contributed by atoms with Crippen molar-refractivity contribution in [3.8, 4) is 0 Å². The molecule has 1 aliphatic heterocycles. The van der Waals surface area contributed by atoms with Crippen LogP contribution in [0, 0.1) is 10.8 Å². The van der Waals surface area contributed by atoms with Crippen LogP contribution in [0.1, 0.15) is 74.7 Å². The van der Waals surface area contributed by atoms with Crippen molar-refractivity contribution < 1.29 is 14.3 Å². The van der Waals surface area contributed by atoms with E-state index in [4.69, 9.17) is 4.74 Å². The zero-order valence-electron chi connectivity index (χ0n) is 16.4. The fourth-order valence-corrected chi connectivity index (χ4v) is 3.93. The van der Waals surface area contributed by atoms with Gasteiger partial charge in [-0.05, 0) is 55.0 Å². The molecule has 0 saturated carbocycles. The van der Waals surface area contributed by atoms with Crippen LogP contribution in [-0.4, -0.2) is 41.4 Å². The number of nitrogens with zero attached hydrogens (tertiary/aromatic N) is 1. The van der Waals surface area contributed by atoms with Crippen molar-refractivity contribution in [3.63, 3.8) is 0 Å². The number of piperidine rings is 1. The van der Waals surface area contributed by atoms with Crippen molar-refractivity contribution >= 4 is 12.3 Å². The summed E-state index contributed by atoms with van der Waals surface area (Å²) < 4.78 is 5.88. The van der Waals surface area contributed by atoms with Crippen LogP contribution in [0.4, 0.5) is 0 Å². The molecule has 0 aromatic rings. The van der Waals surface area contributed by atoms with Crippen molar-refractivity contribution in [2.45, 2.75) is 91.8 Å². The zero-order valence-corrected chi connectivity index (χ0v) is 16.4. The molecule has 1 heterocycles. The number of carbonyl (C=O) groups excluding carboxylic acids is 2. The molecule has 4 nitrogen and oxygen atoms in total. The van der Waals surface area contributed by atoms with Crippen molar-refractivity contribution in [1.82, 2.24) is 4.90 Å². The second-order valence-corrected chi connectivity index (χ2v) is 9.79. The van der Waals surface area contributed by atoms with Crippen LogP contribution in [0.5, 0.6) is 0 Å². The molecule has 1 aliphatic rings. The molecular formula is C19H35NO3. The predicted octanol–water partition coefficient (Wildman–Crippen LogP) is 3.82. The normalized spacial score (nSPS) is 22.7. The van der Waals surface area contributed by atoms with E-state index in [9.17, 15) is 9.59 Å². The van der Waals surface area contributed by atoms with Gasteiger partial charge in [0.1, 0.15) is 12.4 Å². The van der Waals surface area contributed by atoms with E-state index < -0.39 is 10.8 Å². The van der Waals surface area contributed by atoms with Gasteiger partial charge in [0.15, 0.2) is 0 Å². The summed E-state index contributed by atoms with van der Waals surface area (Å²) in [6.07, 6.45) is 2.98. The van der Waals surface area contributed by atoms with Crippen LogP contribution in [0.25, 0.3) is 0 Å². The van der Waals surface area contributed by atoms with Gasteiger partial charge in [-0.2, -0.15) is 0 Å². The maximum atomic E-state index is 12.7. The Hall–Kier alpha value is -0.900. The first-order valence-corrected chi connectivity index (χ1v) is 8.54. The number of aldehydes is 1. The number of ether oxygens (including phenoxy) is 1. The average Bonchev–Trinajstić information content (AvgIpc) is 2.34. The van der Waals surface area contributed by atoms with Gasteiger partial charge < -0.3 is 9.53 Å². The fraction of sp³-hybridized carbons (Fsp3) is 0.895. The average molecular weight is 325 g/mol. The Kier molecular flexibility index (Phi) is 5.42. The van der Waals surface area contributed by atoms with Crippen molar-refractivity contribution in [3.05, 3.63) is 0 Å². The van der Waals surface area contributed by atoms with Gasteiger partial charge in [-0.1, -0.05) is 13.8 Å². The number of esters is 1. The monoisotopic (exact) mass is 325 g/mol. The number of likely N-dealkylation sites (tertiary alicyclic amines) is 1. The van der Waals surface area contributed by atoms with Gasteiger partial charge >= 0.3 is 5.97 Å². The standard InChI is InChI=1S/C19H35NO3/c1-16(2,13-21)12-17(3,4)15(22)23-14-10-18(5,6)20(9)19(7,8)11-14/h13-14H,10-12H2,1-9H3. The van der Waals surface area contributed by atoms with E-state index in [1.807, 2.05) is 27.7 Å². The molecule has 0 spiro atoms.